The molecule has 1 rings (SSSR count). The van der Waals surface area contributed by atoms with Crippen LogP contribution in [0.3, 0.4) is 0 Å². The second-order valence-electron chi connectivity index (χ2n) is 3.55. The van der Waals surface area contributed by atoms with Gasteiger partial charge < -0.3 is 9.30 Å². The third kappa shape index (κ3) is 2.82. The second kappa shape index (κ2) is 5.30. The Morgan fingerprint density at radius 1 is 1.69 bits per heavy atom. The highest BCUT2D eigenvalue weighted by molar-refractivity contribution is 5.86. The fourth-order valence-electron chi connectivity index (χ4n) is 1.27. The van der Waals surface area contributed by atoms with E-state index in [0.29, 0.717) is 12.1 Å². The molecule has 4 nitrogen and oxygen atoms in total. The van der Waals surface area contributed by atoms with Crippen LogP contribution in [0, 0.1) is 6.92 Å². The van der Waals surface area contributed by atoms with Gasteiger partial charge in [0.05, 0.1) is 11.9 Å². The van der Waals surface area contributed by atoms with Crippen molar-refractivity contribution in [3.8, 4) is 0 Å². The first-order chi connectivity index (χ1) is 7.56. The molecular weight excluding hydrogens is 204 g/mol. The molecule has 1 heterocycles. The van der Waals surface area contributed by atoms with Crippen molar-refractivity contribution in [2.24, 2.45) is 0 Å². The molecule has 0 fully saturated rings. The van der Waals surface area contributed by atoms with Crippen molar-refractivity contribution in [1.29, 1.82) is 0 Å². The normalized spacial score (nSPS) is 9.88. The molecule has 0 aliphatic heterocycles. The van der Waals surface area contributed by atoms with Crippen molar-refractivity contribution < 1.29 is 9.53 Å². The molecule has 1 aromatic rings. The van der Waals surface area contributed by atoms with Crippen LogP contribution < -0.4 is 0 Å². The van der Waals surface area contributed by atoms with Crippen LogP contribution in [-0.4, -0.2) is 15.5 Å². The molecule has 16 heavy (non-hydrogen) atoms. The Morgan fingerprint density at radius 2 is 2.38 bits per heavy atom. The Balaban J connectivity index is 2.70. The van der Waals surface area contributed by atoms with E-state index >= 15 is 0 Å². The summed E-state index contributed by atoms with van der Waals surface area (Å²) >= 11 is 0. The number of aryl methyl sites for hydroxylation is 1. The lowest BCUT2D eigenvalue weighted by Gasteiger charge is -2.08. The van der Waals surface area contributed by atoms with Gasteiger partial charge in [-0.15, -0.1) is 6.58 Å². The number of imidazole rings is 1. The molecule has 0 N–H and O–H groups in total. The lowest BCUT2D eigenvalue weighted by molar-refractivity contribution is -0.140. The summed E-state index contributed by atoms with van der Waals surface area (Å²) in [5.74, 6) is 0.491. The number of ether oxygens (including phenoxy) is 1. The van der Waals surface area contributed by atoms with Crippen LogP contribution in [0.2, 0.25) is 0 Å². The Bertz CT molecular complexity index is 419. The van der Waals surface area contributed by atoms with Crippen LogP contribution in [-0.2, 0) is 22.7 Å². The van der Waals surface area contributed by atoms with Crippen molar-refractivity contribution in [2.45, 2.75) is 27.0 Å². The minimum Gasteiger partial charge on any atom is -0.456 e. The summed E-state index contributed by atoms with van der Waals surface area (Å²) in [5, 5.41) is 0. The maximum atomic E-state index is 11.2. The maximum absolute atomic E-state index is 11.2. The molecule has 4 heteroatoms. The molecule has 0 radical (unpaired) electrons. The van der Waals surface area contributed by atoms with E-state index in [4.69, 9.17) is 4.74 Å². The molecule has 1 aromatic heterocycles. The Labute approximate surface area is 95.3 Å². The van der Waals surface area contributed by atoms with E-state index in [1.807, 2.05) is 11.5 Å². The van der Waals surface area contributed by atoms with Crippen LogP contribution in [0.25, 0.3) is 0 Å². The predicted molar refractivity (Wildman–Crippen MR) is 61.8 cm³/mol. The highest BCUT2D eigenvalue weighted by Crippen LogP contribution is 2.07. The smallest absolute Gasteiger partial charge is 0.333 e. The summed E-state index contributed by atoms with van der Waals surface area (Å²) in [6.45, 7) is 11.6. The summed E-state index contributed by atoms with van der Waals surface area (Å²) in [5.41, 5.74) is 1.25. The highest BCUT2D eigenvalue weighted by Gasteiger charge is 2.08. The van der Waals surface area contributed by atoms with Crippen LogP contribution in [0.4, 0.5) is 0 Å². The van der Waals surface area contributed by atoms with Crippen molar-refractivity contribution in [3.63, 3.8) is 0 Å². The largest absolute Gasteiger partial charge is 0.456 e. The van der Waals surface area contributed by atoms with Crippen LogP contribution >= 0.6 is 0 Å². The molecule has 0 saturated carbocycles. The standard InChI is InChI=1S/C12H16N2O2/c1-5-6-14-10(4)13-7-11(14)8-16-12(15)9(2)3/h5,7H,1-2,6,8H2,3-4H3. The molecule has 0 bridgehead atoms. The third-order valence-corrected chi connectivity index (χ3v) is 2.15. The highest BCUT2D eigenvalue weighted by atomic mass is 16.5. The van der Waals surface area contributed by atoms with Crippen molar-refractivity contribution in [3.05, 3.63) is 42.5 Å². The fourth-order valence-corrected chi connectivity index (χ4v) is 1.27. The Hall–Kier alpha value is -1.84. The molecule has 86 valence electrons. The van der Waals surface area contributed by atoms with Gasteiger partial charge in [0.2, 0.25) is 0 Å². The van der Waals surface area contributed by atoms with Gasteiger partial charge in [-0.1, -0.05) is 12.7 Å². The number of nitrogens with zero attached hydrogens (tertiary/aromatic N) is 2. The molecule has 0 aliphatic carbocycles. The van der Waals surface area contributed by atoms with Gasteiger partial charge >= 0.3 is 5.97 Å². The van der Waals surface area contributed by atoms with Crippen LogP contribution in [0.1, 0.15) is 18.4 Å². The van der Waals surface area contributed by atoms with Gasteiger partial charge in [-0.2, -0.15) is 0 Å². The predicted octanol–water partition coefficient (Wildman–Crippen LogP) is 2.00. The quantitative estimate of drug-likeness (QED) is 0.433. The van der Waals surface area contributed by atoms with Crippen LogP contribution in [0.15, 0.2) is 31.0 Å². The summed E-state index contributed by atoms with van der Waals surface area (Å²) in [6, 6.07) is 0. The van der Waals surface area contributed by atoms with E-state index in [1.165, 1.54) is 0 Å². The molecule has 0 atom stereocenters. The molecule has 0 aromatic carbocycles. The first kappa shape index (κ1) is 12.2. The first-order valence-corrected chi connectivity index (χ1v) is 5.00. The van der Waals surface area contributed by atoms with E-state index < -0.39 is 0 Å². The molecule has 0 saturated heterocycles. The number of allylic oxidation sites excluding steroid dienone is 1. The number of hydrogen-bond donors (Lipinski definition) is 0. The molecule has 0 spiro atoms. The number of carbonyl (C=O) groups excluding carboxylic acids is 1. The number of aromatic nitrogens is 2. The maximum Gasteiger partial charge on any atom is 0.333 e. The van der Waals surface area contributed by atoms with E-state index in [-0.39, 0.29) is 12.6 Å². The van der Waals surface area contributed by atoms with E-state index in [9.17, 15) is 4.79 Å². The van der Waals surface area contributed by atoms with Crippen molar-refractivity contribution in [2.75, 3.05) is 0 Å². The summed E-state index contributed by atoms with van der Waals surface area (Å²) in [4.78, 5) is 15.4. The minimum absolute atomic E-state index is 0.209. The fraction of sp³-hybridized carbons (Fsp3) is 0.333. The lowest BCUT2D eigenvalue weighted by atomic mass is 10.3. The van der Waals surface area contributed by atoms with Gasteiger partial charge in [0.25, 0.3) is 0 Å². The number of hydrogen-bond acceptors (Lipinski definition) is 3. The van der Waals surface area contributed by atoms with E-state index in [0.717, 1.165) is 11.5 Å². The van der Waals surface area contributed by atoms with Crippen LogP contribution in [0.5, 0.6) is 0 Å². The average molecular weight is 220 g/mol. The number of esters is 1. The zero-order valence-electron chi connectivity index (χ0n) is 9.69. The molecule has 0 unspecified atom stereocenters. The van der Waals surface area contributed by atoms with Crippen molar-refractivity contribution >= 4 is 5.97 Å². The topological polar surface area (TPSA) is 44.1 Å². The zero-order chi connectivity index (χ0) is 12.1. The van der Waals surface area contributed by atoms with Gasteiger partial charge in [0.1, 0.15) is 12.4 Å². The van der Waals surface area contributed by atoms with E-state index in [1.54, 1.807) is 19.2 Å². The minimum atomic E-state index is -0.385. The summed E-state index contributed by atoms with van der Waals surface area (Å²) in [7, 11) is 0. The van der Waals surface area contributed by atoms with Crippen molar-refractivity contribution in [1.82, 2.24) is 9.55 Å². The summed E-state index contributed by atoms with van der Waals surface area (Å²) in [6.07, 6.45) is 3.48. The van der Waals surface area contributed by atoms with Gasteiger partial charge in [-0.05, 0) is 13.8 Å². The van der Waals surface area contributed by atoms with E-state index in [2.05, 4.69) is 18.1 Å². The zero-order valence-corrected chi connectivity index (χ0v) is 9.69. The van der Waals surface area contributed by atoms with Gasteiger partial charge in [0, 0.05) is 12.1 Å². The van der Waals surface area contributed by atoms with Gasteiger partial charge in [0.15, 0.2) is 0 Å². The number of carbonyl (C=O) groups is 1. The SMILES string of the molecule is C=CCn1c(COC(=O)C(=C)C)cnc1C. The second-order valence-corrected chi connectivity index (χ2v) is 3.55. The van der Waals surface area contributed by atoms with Gasteiger partial charge in [-0.3, -0.25) is 0 Å². The molecule has 0 amide bonds. The lowest BCUT2D eigenvalue weighted by Crippen LogP contribution is -2.09. The first-order valence-electron chi connectivity index (χ1n) is 5.00. The molecule has 0 aliphatic rings. The van der Waals surface area contributed by atoms with Gasteiger partial charge in [-0.25, -0.2) is 9.78 Å². The number of rotatable bonds is 5. The Kier molecular flexibility index (Phi) is 4.05. The monoisotopic (exact) mass is 220 g/mol. The summed E-state index contributed by atoms with van der Waals surface area (Å²) < 4.78 is 7.00. The molecular formula is C12H16N2O2. The Morgan fingerprint density at radius 3 is 2.94 bits per heavy atom. The average Bonchev–Trinajstić information content (AvgIpc) is 2.58. The third-order valence-electron chi connectivity index (χ3n) is 2.15.